The van der Waals surface area contributed by atoms with Crippen LogP contribution in [0.25, 0.3) is 0 Å². The average Bonchev–Trinajstić information content (AvgIpc) is 2.97. The topological polar surface area (TPSA) is 90.0 Å². The molecular weight excluding hydrogens is 298 g/mol. The van der Waals surface area contributed by atoms with Gasteiger partial charge in [0.1, 0.15) is 11.0 Å². The van der Waals surface area contributed by atoms with Gasteiger partial charge >= 0.3 is 0 Å². The maximum Gasteiger partial charge on any atom is 0.269 e. The van der Waals surface area contributed by atoms with Gasteiger partial charge in [0.25, 0.3) is 15.9 Å². The number of carbonyl (C=O) groups is 2. The minimum absolute atomic E-state index is 0.0245. The number of nitrogens with zero attached hydrogens (tertiary/aromatic N) is 1. The summed E-state index contributed by atoms with van der Waals surface area (Å²) in [6.07, 6.45) is -1.59. The first-order valence-electron chi connectivity index (χ1n) is 6.48. The van der Waals surface area contributed by atoms with Crippen LogP contribution in [-0.2, 0) is 24.3 Å². The van der Waals surface area contributed by atoms with E-state index in [-0.39, 0.29) is 29.3 Å². The first-order chi connectivity index (χ1) is 10.00. The number of hydrogen-bond donors (Lipinski definition) is 0. The molecule has 3 atom stereocenters. The van der Waals surface area contributed by atoms with Crippen LogP contribution in [0.15, 0.2) is 29.2 Å². The van der Waals surface area contributed by atoms with Gasteiger partial charge in [-0.2, -0.15) is 0 Å². The van der Waals surface area contributed by atoms with Crippen LogP contribution in [0.4, 0.5) is 0 Å². The number of amides is 1. The number of sulfonamides is 1. The summed E-state index contributed by atoms with van der Waals surface area (Å²) < 4.78 is 36.4. The van der Waals surface area contributed by atoms with Gasteiger partial charge in [-0.05, 0) is 12.1 Å². The Hall–Kier alpha value is -1.77. The zero-order chi connectivity index (χ0) is 14.8. The zero-order valence-electron chi connectivity index (χ0n) is 10.8. The Balaban J connectivity index is 1.80. The van der Waals surface area contributed by atoms with Crippen molar-refractivity contribution in [3.8, 4) is 0 Å². The Morgan fingerprint density at radius 3 is 2.71 bits per heavy atom. The molecule has 21 heavy (non-hydrogen) atoms. The molecule has 2 fully saturated rings. The molecule has 0 N–H and O–H groups in total. The normalized spacial score (nSPS) is 33.3. The molecule has 2 bridgehead atoms. The van der Waals surface area contributed by atoms with E-state index >= 15 is 0 Å². The molecule has 0 saturated carbocycles. The van der Waals surface area contributed by atoms with Gasteiger partial charge in [-0.1, -0.05) is 12.1 Å². The second-order valence-electron chi connectivity index (χ2n) is 5.18. The van der Waals surface area contributed by atoms with Crippen LogP contribution in [0.5, 0.6) is 0 Å². The number of ether oxygens (including phenoxy) is 2. The number of fused-ring (bicyclic) bond motifs is 3. The zero-order valence-corrected chi connectivity index (χ0v) is 11.6. The molecule has 0 unspecified atom stereocenters. The predicted octanol–water partition coefficient (Wildman–Crippen LogP) is -0.0860. The lowest BCUT2D eigenvalue weighted by Gasteiger charge is -2.32. The van der Waals surface area contributed by atoms with Gasteiger partial charge in [0.2, 0.25) is 6.29 Å². The standard InChI is InChI=1S/C13H11NO6S/c15-9-5-8(10-6-19-13(9)20-10)14-12(16)7-3-1-2-4-11(7)21(14,17)18/h1-4,8,10,13H,5-6H2/t8-,10+,13+/m0/s1. The van der Waals surface area contributed by atoms with Crippen LogP contribution in [0.2, 0.25) is 0 Å². The highest BCUT2D eigenvalue weighted by Gasteiger charge is 2.53. The highest BCUT2D eigenvalue weighted by molar-refractivity contribution is 7.90. The predicted molar refractivity (Wildman–Crippen MR) is 67.8 cm³/mol. The van der Waals surface area contributed by atoms with Gasteiger partial charge in [0.05, 0.1) is 18.2 Å². The third kappa shape index (κ3) is 1.63. The molecule has 0 aliphatic carbocycles. The number of Topliss-reactive ketones (excluding diaryl/α,β-unsaturated/α-hetero) is 1. The molecule has 3 aliphatic rings. The van der Waals surface area contributed by atoms with E-state index < -0.39 is 34.4 Å². The summed E-state index contributed by atoms with van der Waals surface area (Å²) in [5.41, 5.74) is 0.131. The molecule has 0 radical (unpaired) electrons. The van der Waals surface area contributed by atoms with Crippen molar-refractivity contribution < 1.29 is 27.5 Å². The highest BCUT2D eigenvalue weighted by atomic mass is 32.2. The van der Waals surface area contributed by atoms with E-state index in [1.165, 1.54) is 12.1 Å². The maximum absolute atomic E-state index is 12.6. The fourth-order valence-electron chi connectivity index (χ4n) is 2.99. The van der Waals surface area contributed by atoms with Crippen LogP contribution in [0.3, 0.4) is 0 Å². The van der Waals surface area contributed by atoms with Gasteiger partial charge < -0.3 is 9.47 Å². The van der Waals surface area contributed by atoms with E-state index in [0.717, 1.165) is 4.31 Å². The Bertz CT molecular complexity index is 758. The summed E-state index contributed by atoms with van der Waals surface area (Å²) in [7, 11) is -3.95. The van der Waals surface area contributed by atoms with E-state index in [0.29, 0.717) is 0 Å². The third-order valence-corrected chi connectivity index (χ3v) is 5.83. The molecule has 2 saturated heterocycles. The summed E-state index contributed by atoms with van der Waals surface area (Å²) in [4.78, 5) is 24.2. The minimum Gasteiger partial charge on any atom is -0.343 e. The van der Waals surface area contributed by atoms with Gasteiger partial charge in [0.15, 0.2) is 5.78 Å². The van der Waals surface area contributed by atoms with Crippen molar-refractivity contribution in [1.82, 2.24) is 4.31 Å². The van der Waals surface area contributed by atoms with Gasteiger partial charge in [-0.15, -0.1) is 0 Å². The fourth-order valence-corrected chi connectivity index (χ4v) is 4.77. The largest absolute Gasteiger partial charge is 0.343 e. The number of hydrogen-bond acceptors (Lipinski definition) is 6. The fraction of sp³-hybridized carbons (Fsp3) is 0.385. The van der Waals surface area contributed by atoms with Crippen molar-refractivity contribution in [3.63, 3.8) is 0 Å². The second-order valence-corrected chi connectivity index (χ2v) is 6.96. The van der Waals surface area contributed by atoms with Crippen LogP contribution in [-0.4, -0.2) is 49.5 Å². The maximum atomic E-state index is 12.6. The molecule has 0 spiro atoms. The highest BCUT2D eigenvalue weighted by Crippen LogP contribution is 2.37. The monoisotopic (exact) mass is 309 g/mol. The molecule has 0 aromatic heterocycles. The summed E-state index contributed by atoms with van der Waals surface area (Å²) in [5, 5.41) is 0. The third-order valence-electron chi connectivity index (χ3n) is 3.97. The molecule has 3 aliphatic heterocycles. The molecule has 1 aromatic rings. The Labute approximate surface area is 120 Å². The molecule has 8 heteroatoms. The SMILES string of the molecule is O=C1C[C@H](N2C(=O)c3ccccc3S2(=O)=O)[C@H]2CO[C@@H]1O2. The van der Waals surface area contributed by atoms with Crippen LogP contribution >= 0.6 is 0 Å². The van der Waals surface area contributed by atoms with Crippen LogP contribution in [0.1, 0.15) is 16.8 Å². The summed E-state index contributed by atoms with van der Waals surface area (Å²) in [6, 6.07) is 5.18. The molecule has 4 rings (SSSR count). The number of rotatable bonds is 1. The van der Waals surface area contributed by atoms with Crippen molar-refractivity contribution >= 4 is 21.7 Å². The quantitative estimate of drug-likeness (QED) is 0.720. The van der Waals surface area contributed by atoms with E-state index in [9.17, 15) is 18.0 Å². The second kappa shape index (κ2) is 4.12. The molecule has 110 valence electrons. The van der Waals surface area contributed by atoms with Crippen molar-refractivity contribution in [2.45, 2.75) is 29.8 Å². The smallest absolute Gasteiger partial charge is 0.269 e. The lowest BCUT2D eigenvalue weighted by atomic mass is 10.0. The molecule has 1 aromatic carbocycles. The summed E-state index contributed by atoms with van der Waals surface area (Å²) in [5.74, 6) is -0.954. The van der Waals surface area contributed by atoms with Crippen molar-refractivity contribution in [3.05, 3.63) is 29.8 Å². The van der Waals surface area contributed by atoms with Gasteiger partial charge in [0, 0.05) is 6.42 Å². The molecule has 1 amide bonds. The lowest BCUT2D eigenvalue weighted by Crippen LogP contribution is -2.52. The Morgan fingerprint density at radius 1 is 1.19 bits per heavy atom. The first-order valence-corrected chi connectivity index (χ1v) is 7.92. The van der Waals surface area contributed by atoms with Gasteiger partial charge in [-0.25, -0.2) is 12.7 Å². The van der Waals surface area contributed by atoms with E-state index in [1.54, 1.807) is 12.1 Å². The van der Waals surface area contributed by atoms with Crippen LogP contribution < -0.4 is 0 Å². The summed E-state index contributed by atoms with van der Waals surface area (Å²) >= 11 is 0. The van der Waals surface area contributed by atoms with Gasteiger partial charge in [-0.3, -0.25) is 9.59 Å². The minimum atomic E-state index is -3.95. The summed E-state index contributed by atoms with van der Waals surface area (Å²) in [6.45, 7) is 0.108. The first kappa shape index (κ1) is 12.9. The van der Waals surface area contributed by atoms with Crippen molar-refractivity contribution in [2.75, 3.05) is 6.61 Å². The van der Waals surface area contributed by atoms with Crippen molar-refractivity contribution in [1.29, 1.82) is 0 Å². The van der Waals surface area contributed by atoms with E-state index in [2.05, 4.69) is 0 Å². The van der Waals surface area contributed by atoms with Crippen LogP contribution in [0, 0.1) is 0 Å². The van der Waals surface area contributed by atoms with E-state index in [1.807, 2.05) is 0 Å². The molecule has 3 heterocycles. The number of benzene rings is 1. The Kier molecular flexibility index (Phi) is 2.54. The average molecular weight is 309 g/mol. The lowest BCUT2D eigenvalue weighted by molar-refractivity contribution is -0.155. The van der Waals surface area contributed by atoms with E-state index in [4.69, 9.17) is 9.47 Å². The van der Waals surface area contributed by atoms with Crippen molar-refractivity contribution in [2.24, 2.45) is 0 Å². The number of ketones is 1. The molecular formula is C13H11NO6S. The Morgan fingerprint density at radius 2 is 1.95 bits per heavy atom. The molecule has 7 nitrogen and oxygen atoms in total. The number of carbonyl (C=O) groups excluding carboxylic acids is 2.